The number of rotatable bonds is 6. The van der Waals surface area contributed by atoms with E-state index < -0.39 is 23.3 Å². The lowest BCUT2D eigenvalue weighted by atomic mass is 9.77. The quantitative estimate of drug-likeness (QED) is 0.367. The fourth-order valence-electron chi connectivity index (χ4n) is 6.03. The van der Waals surface area contributed by atoms with E-state index in [-0.39, 0.29) is 23.3 Å². The van der Waals surface area contributed by atoms with E-state index in [1.807, 2.05) is 6.08 Å². The van der Waals surface area contributed by atoms with Gasteiger partial charge in [-0.2, -0.15) is 0 Å². The second kappa shape index (κ2) is 11.1. The molecule has 2 saturated carbocycles. The number of halogens is 4. The summed E-state index contributed by atoms with van der Waals surface area (Å²) < 4.78 is 58.1. The maximum absolute atomic E-state index is 14.9. The maximum atomic E-state index is 14.9. The molecule has 0 heterocycles. The topological polar surface area (TPSA) is 0 Å². The van der Waals surface area contributed by atoms with Crippen molar-refractivity contribution in [3.05, 3.63) is 75.9 Å². The Morgan fingerprint density at radius 1 is 0.706 bits per heavy atom. The van der Waals surface area contributed by atoms with Crippen LogP contribution >= 0.6 is 0 Å². The van der Waals surface area contributed by atoms with Crippen LogP contribution in [0.25, 0.3) is 6.08 Å². The average Bonchev–Trinajstić information content (AvgIpc) is 2.85. The normalized spacial score (nSPS) is 25.7. The first-order chi connectivity index (χ1) is 16.4. The van der Waals surface area contributed by atoms with Crippen molar-refractivity contribution in [2.24, 2.45) is 11.8 Å². The summed E-state index contributed by atoms with van der Waals surface area (Å²) in [6, 6.07) is 6.81. The predicted molar refractivity (Wildman–Crippen MR) is 131 cm³/mol. The van der Waals surface area contributed by atoms with Crippen LogP contribution in [-0.2, 0) is 0 Å². The summed E-state index contributed by atoms with van der Waals surface area (Å²) in [5.41, 5.74) is 1.59. The van der Waals surface area contributed by atoms with Crippen LogP contribution < -0.4 is 0 Å². The van der Waals surface area contributed by atoms with Gasteiger partial charge in [0.1, 0.15) is 0 Å². The molecule has 2 aromatic rings. The minimum Gasteiger partial charge on any atom is -0.203 e. The Labute approximate surface area is 201 Å². The third kappa shape index (κ3) is 5.42. The minimum absolute atomic E-state index is 0.000584. The fourth-order valence-corrected chi connectivity index (χ4v) is 6.03. The Morgan fingerprint density at radius 2 is 1.26 bits per heavy atom. The molecule has 0 amide bonds. The number of benzene rings is 2. The highest BCUT2D eigenvalue weighted by Gasteiger charge is 2.27. The van der Waals surface area contributed by atoms with Crippen molar-refractivity contribution in [1.82, 2.24) is 0 Å². The second-order valence-corrected chi connectivity index (χ2v) is 10.4. The molecule has 0 spiro atoms. The van der Waals surface area contributed by atoms with Crippen LogP contribution in [0.4, 0.5) is 17.6 Å². The third-order valence-corrected chi connectivity index (χ3v) is 8.19. The molecule has 184 valence electrons. The average molecular weight is 473 g/mol. The molecule has 0 bridgehead atoms. The summed E-state index contributed by atoms with van der Waals surface area (Å²) in [5, 5.41) is 0. The molecule has 0 N–H and O–H groups in total. The molecule has 4 rings (SSSR count). The first kappa shape index (κ1) is 25.0. The van der Waals surface area contributed by atoms with Gasteiger partial charge in [-0.05, 0) is 98.7 Å². The third-order valence-electron chi connectivity index (χ3n) is 8.19. The van der Waals surface area contributed by atoms with Gasteiger partial charge < -0.3 is 0 Å². The molecule has 4 heteroatoms. The number of hydrogen-bond donors (Lipinski definition) is 0. The largest absolute Gasteiger partial charge is 0.203 e. The summed E-state index contributed by atoms with van der Waals surface area (Å²) in [6.45, 7) is 3.76. The van der Waals surface area contributed by atoms with Gasteiger partial charge in [0, 0.05) is 5.56 Å². The molecule has 34 heavy (non-hydrogen) atoms. The smallest absolute Gasteiger partial charge is 0.166 e. The molecule has 0 radical (unpaired) electrons. The standard InChI is InChI=1S/C30H36F4/c1-3-4-20-6-11-23(12-7-20)26-18-16-24(28(32)30(26)34)15-10-21-8-13-22(14-9-21)25-17-5-19(2)27(31)29(25)33/h5,10,15-18,20-23H,3-4,6-9,11-14H2,1-2H3. The molecule has 2 aliphatic carbocycles. The van der Waals surface area contributed by atoms with E-state index in [4.69, 9.17) is 0 Å². The van der Waals surface area contributed by atoms with Crippen LogP contribution in [0, 0.1) is 42.0 Å². The molecular formula is C30H36F4. The Kier molecular flexibility index (Phi) is 8.16. The van der Waals surface area contributed by atoms with Crippen LogP contribution in [0.2, 0.25) is 0 Å². The lowest BCUT2D eigenvalue weighted by Gasteiger charge is -2.29. The highest BCUT2D eigenvalue weighted by atomic mass is 19.2. The van der Waals surface area contributed by atoms with Crippen molar-refractivity contribution in [3.63, 3.8) is 0 Å². The first-order valence-electron chi connectivity index (χ1n) is 13.0. The summed E-state index contributed by atoms with van der Waals surface area (Å²) in [7, 11) is 0. The van der Waals surface area contributed by atoms with Crippen molar-refractivity contribution in [3.8, 4) is 0 Å². The van der Waals surface area contributed by atoms with E-state index in [0.29, 0.717) is 16.7 Å². The highest BCUT2D eigenvalue weighted by molar-refractivity contribution is 5.52. The second-order valence-electron chi connectivity index (χ2n) is 10.4. The van der Waals surface area contributed by atoms with Gasteiger partial charge in [-0.1, -0.05) is 56.2 Å². The van der Waals surface area contributed by atoms with Crippen molar-refractivity contribution < 1.29 is 17.6 Å². The summed E-state index contributed by atoms with van der Waals surface area (Å²) in [6.07, 6.45) is 13.3. The van der Waals surface area contributed by atoms with Gasteiger partial charge in [0.05, 0.1) is 0 Å². The summed E-state index contributed by atoms with van der Waals surface area (Å²) in [4.78, 5) is 0. The Bertz CT molecular complexity index is 1010. The zero-order valence-electron chi connectivity index (χ0n) is 20.4. The summed E-state index contributed by atoms with van der Waals surface area (Å²) >= 11 is 0. The van der Waals surface area contributed by atoms with Gasteiger partial charge in [0.15, 0.2) is 23.3 Å². The van der Waals surface area contributed by atoms with Crippen molar-refractivity contribution in [2.75, 3.05) is 0 Å². The van der Waals surface area contributed by atoms with Gasteiger partial charge in [0.2, 0.25) is 0 Å². The van der Waals surface area contributed by atoms with Crippen molar-refractivity contribution in [1.29, 1.82) is 0 Å². The van der Waals surface area contributed by atoms with E-state index in [2.05, 4.69) is 6.92 Å². The number of allylic oxidation sites excluding steroid dienone is 1. The molecule has 0 aliphatic heterocycles. The Hall–Kier alpha value is -2.10. The van der Waals surface area contributed by atoms with Gasteiger partial charge in [-0.3, -0.25) is 0 Å². The lowest BCUT2D eigenvalue weighted by Crippen LogP contribution is -2.15. The van der Waals surface area contributed by atoms with Gasteiger partial charge in [0.25, 0.3) is 0 Å². The van der Waals surface area contributed by atoms with Crippen LogP contribution in [0.15, 0.2) is 30.3 Å². The molecule has 0 unspecified atom stereocenters. The number of hydrogen-bond acceptors (Lipinski definition) is 0. The molecular weight excluding hydrogens is 436 g/mol. The molecule has 0 nitrogen and oxygen atoms in total. The van der Waals surface area contributed by atoms with E-state index in [9.17, 15) is 17.6 Å². The number of aryl methyl sites for hydroxylation is 1. The lowest BCUT2D eigenvalue weighted by molar-refractivity contribution is 0.303. The van der Waals surface area contributed by atoms with Gasteiger partial charge in [-0.25, -0.2) is 17.6 Å². The van der Waals surface area contributed by atoms with Crippen LogP contribution in [-0.4, -0.2) is 0 Å². The summed E-state index contributed by atoms with van der Waals surface area (Å²) in [5.74, 6) is -1.86. The predicted octanol–water partition coefficient (Wildman–Crippen LogP) is 9.61. The molecule has 2 aromatic carbocycles. The van der Waals surface area contributed by atoms with Gasteiger partial charge in [-0.15, -0.1) is 0 Å². The SMILES string of the molecule is CCCC1CCC(c2ccc(C=CC3CCC(c4ccc(C)c(F)c4F)CC3)c(F)c2F)CC1. The van der Waals surface area contributed by atoms with Gasteiger partial charge >= 0.3 is 0 Å². The monoisotopic (exact) mass is 472 g/mol. The molecule has 2 aliphatic rings. The van der Waals surface area contributed by atoms with E-state index in [1.54, 1.807) is 37.3 Å². The Balaban J connectivity index is 1.36. The molecule has 0 atom stereocenters. The van der Waals surface area contributed by atoms with Crippen LogP contribution in [0.1, 0.15) is 105 Å². The van der Waals surface area contributed by atoms with Crippen LogP contribution in [0.5, 0.6) is 0 Å². The molecule has 0 saturated heterocycles. The van der Waals surface area contributed by atoms with Crippen molar-refractivity contribution in [2.45, 2.75) is 89.9 Å². The van der Waals surface area contributed by atoms with Crippen LogP contribution in [0.3, 0.4) is 0 Å². The minimum atomic E-state index is -0.755. The fraction of sp³-hybridized carbons (Fsp3) is 0.533. The zero-order chi connectivity index (χ0) is 24.2. The maximum Gasteiger partial charge on any atom is 0.166 e. The Morgan fingerprint density at radius 3 is 1.88 bits per heavy atom. The van der Waals surface area contributed by atoms with E-state index >= 15 is 0 Å². The zero-order valence-corrected chi connectivity index (χ0v) is 20.4. The molecule has 2 fully saturated rings. The van der Waals surface area contributed by atoms with E-state index in [0.717, 1.165) is 57.3 Å². The first-order valence-corrected chi connectivity index (χ1v) is 13.0. The van der Waals surface area contributed by atoms with Crippen molar-refractivity contribution >= 4 is 6.08 Å². The van der Waals surface area contributed by atoms with E-state index in [1.165, 1.54) is 12.8 Å². The highest BCUT2D eigenvalue weighted by Crippen LogP contribution is 2.40. The molecule has 0 aromatic heterocycles.